The van der Waals surface area contributed by atoms with Crippen LogP contribution in [0.3, 0.4) is 0 Å². The van der Waals surface area contributed by atoms with Crippen molar-refractivity contribution < 1.29 is 4.79 Å². The number of pyridine rings is 1. The first kappa shape index (κ1) is 13.9. The second-order valence-corrected chi connectivity index (χ2v) is 4.98. The number of aromatic nitrogens is 3. The minimum atomic E-state index is -0.564. The maximum Gasteiger partial charge on any atom is 0.334 e. The van der Waals surface area contributed by atoms with Crippen molar-refractivity contribution in [2.24, 2.45) is 0 Å². The van der Waals surface area contributed by atoms with Crippen LogP contribution in [0, 0.1) is 6.92 Å². The van der Waals surface area contributed by atoms with Crippen LogP contribution in [0.4, 0.5) is 0 Å². The molecule has 0 atom stereocenters. The molecule has 0 saturated heterocycles. The summed E-state index contributed by atoms with van der Waals surface area (Å²) in [6, 6.07) is 10.4. The predicted octanol–water partition coefficient (Wildman–Crippen LogP) is 1.59. The fourth-order valence-electron chi connectivity index (χ4n) is 2.42. The molecule has 0 aliphatic heterocycles. The summed E-state index contributed by atoms with van der Waals surface area (Å²) >= 11 is 0. The van der Waals surface area contributed by atoms with Gasteiger partial charge >= 0.3 is 5.69 Å². The van der Waals surface area contributed by atoms with Crippen molar-refractivity contribution in [3.63, 3.8) is 0 Å². The van der Waals surface area contributed by atoms with Crippen LogP contribution >= 0.6 is 0 Å². The van der Waals surface area contributed by atoms with Gasteiger partial charge in [0.1, 0.15) is 0 Å². The largest absolute Gasteiger partial charge is 0.334 e. The lowest BCUT2D eigenvalue weighted by Crippen LogP contribution is -2.30. The minimum Gasteiger partial charge on any atom is -0.294 e. The molecule has 2 aromatic heterocycles. The van der Waals surface area contributed by atoms with E-state index in [2.05, 4.69) is 9.97 Å². The van der Waals surface area contributed by atoms with Gasteiger partial charge in [-0.25, -0.2) is 14.3 Å². The van der Waals surface area contributed by atoms with Gasteiger partial charge in [-0.2, -0.15) is 0 Å². The zero-order valence-electron chi connectivity index (χ0n) is 12.1. The molecule has 0 unspecified atom stereocenters. The normalized spacial score (nSPS) is 10.8. The molecule has 1 aromatic carbocycles. The van der Waals surface area contributed by atoms with Crippen LogP contribution in [0.2, 0.25) is 0 Å². The van der Waals surface area contributed by atoms with Gasteiger partial charge in [0.05, 0.1) is 16.8 Å². The van der Waals surface area contributed by atoms with Gasteiger partial charge in [0.25, 0.3) is 5.56 Å². The standard InChI is InChI=1S/C16H13N3O3/c1-9-12(10(2)20)8-13-14(17-9)19(16(22)18-15(13)21)11-6-4-3-5-7-11/h3-8H,1-2H3,(H,18,21,22). The van der Waals surface area contributed by atoms with Gasteiger partial charge in [-0.3, -0.25) is 14.6 Å². The summed E-state index contributed by atoms with van der Waals surface area (Å²) in [6.45, 7) is 3.09. The number of carbonyl (C=O) groups excluding carboxylic acids is 1. The molecule has 0 amide bonds. The van der Waals surface area contributed by atoms with E-state index in [9.17, 15) is 14.4 Å². The van der Waals surface area contributed by atoms with Crippen molar-refractivity contribution in [2.45, 2.75) is 13.8 Å². The molecule has 2 heterocycles. The van der Waals surface area contributed by atoms with Crippen LogP contribution < -0.4 is 11.2 Å². The minimum absolute atomic E-state index is 0.177. The first-order valence-electron chi connectivity index (χ1n) is 6.72. The van der Waals surface area contributed by atoms with E-state index in [-0.39, 0.29) is 16.8 Å². The first-order valence-corrected chi connectivity index (χ1v) is 6.72. The SMILES string of the molecule is CC(=O)c1cc2c(=O)[nH]c(=O)n(-c3ccccc3)c2nc1C. The smallest absolute Gasteiger partial charge is 0.294 e. The molecule has 110 valence electrons. The maximum absolute atomic E-state index is 12.2. The van der Waals surface area contributed by atoms with E-state index in [4.69, 9.17) is 0 Å². The van der Waals surface area contributed by atoms with E-state index in [1.807, 2.05) is 6.07 Å². The van der Waals surface area contributed by atoms with Crippen LogP contribution in [-0.2, 0) is 0 Å². The van der Waals surface area contributed by atoms with Crippen molar-refractivity contribution in [2.75, 3.05) is 0 Å². The highest BCUT2D eigenvalue weighted by Gasteiger charge is 2.14. The van der Waals surface area contributed by atoms with Crippen molar-refractivity contribution in [3.8, 4) is 5.69 Å². The van der Waals surface area contributed by atoms with E-state index in [1.165, 1.54) is 17.6 Å². The number of aryl methyl sites for hydroxylation is 1. The number of benzene rings is 1. The lowest BCUT2D eigenvalue weighted by atomic mass is 10.1. The Hall–Kier alpha value is -3.02. The average molecular weight is 295 g/mol. The zero-order chi connectivity index (χ0) is 15.9. The molecule has 0 radical (unpaired) electrons. The van der Waals surface area contributed by atoms with E-state index in [1.54, 1.807) is 31.2 Å². The Labute approximate surface area is 125 Å². The average Bonchev–Trinajstić information content (AvgIpc) is 2.47. The fraction of sp³-hybridized carbons (Fsp3) is 0.125. The Morgan fingerprint density at radius 3 is 2.50 bits per heavy atom. The molecule has 0 fully saturated rings. The van der Waals surface area contributed by atoms with E-state index in [0.717, 1.165) is 0 Å². The molecule has 0 aliphatic rings. The number of aromatic amines is 1. The van der Waals surface area contributed by atoms with E-state index < -0.39 is 11.2 Å². The number of fused-ring (bicyclic) bond motifs is 1. The van der Waals surface area contributed by atoms with Gasteiger partial charge in [0.15, 0.2) is 11.4 Å². The number of Topliss-reactive ketones (excluding diaryl/α,β-unsaturated/α-hetero) is 1. The summed E-state index contributed by atoms with van der Waals surface area (Å²) in [6.07, 6.45) is 0. The van der Waals surface area contributed by atoms with Crippen LogP contribution in [0.15, 0.2) is 46.0 Å². The summed E-state index contributed by atoms with van der Waals surface area (Å²) < 4.78 is 1.33. The summed E-state index contributed by atoms with van der Waals surface area (Å²) in [5, 5.41) is 0.208. The fourth-order valence-corrected chi connectivity index (χ4v) is 2.42. The number of carbonyl (C=O) groups is 1. The lowest BCUT2D eigenvalue weighted by Gasteiger charge is -2.10. The van der Waals surface area contributed by atoms with Gasteiger partial charge in [-0.1, -0.05) is 18.2 Å². The molecule has 3 rings (SSSR count). The van der Waals surface area contributed by atoms with Gasteiger partial charge in [0, 0.05) is 5.56 Å². The summed E-state index contributed by atoms with van der Waals surface area (Å²) in [5.74, 6) is -0.177. The highest BCUT2D eigenvalue weighted by atomic mass is 16.2. The second-order valence-electron chi connectivity index (χ2n) is 4.98. The van der Waals surface area contributed by atoms with Gasteiger partial charge in [-0.05, 0) is 32.0 Å². The number of H-pyrrole nitrogens is 1. The molecule has 22 heavy (non-hydrogen) atoms. The van der Waals surface area contributed by atoms with Gasteiger partial charge in [-0.15, -0.1) is 0 Å². The highest BCUT2D eigenvalue weighted by Crippen LogP contribution is 2.15. The Bertz CT molecular complexity index is 1000. The topological polar surface area (TPSA) is 84.8 Å². The molecular weight excluding hydrogens is 282 g/mol. The van der Waals surface area contributed by atoms with Crippen molar-refractivity contribution in [3.05, 3.63) is 68.5 Å². The van der Waals surface area contributed by atoms with Crippen LogP contribution in [0.25, 0.3) is 16.7 Å². The Balaban J connectivity index is 2.49. The number of ketones is 1. The van der Waals surface area contributed by atoms with E-state index >= 15 is 0 Å². The number of para-hydroxylation sites is 1. The Kier molecular flexibility index (Phi) is 3.21. The highest BCUT2D eigenvalue weighted by molar-refractivity contribution is 5.98. The predicted molar refractivity (Wildman–Crippen MR) is 82.7 cm³/mol. The second kappa shape index (κ2) is 5.07. The van der Waals surface area contributed by atoms with Crippen molar-refractivity contribution >= 4 is 16.8 Å². The molecule has 3 aromatic rings. The monoisotopic (exact) mass is 295 g/mol. The maximum atomic E-state index is 12.2. The third kappa shape index (κ3) is 2.14. The molecular formula is C16H13N3O3. The molecule has 1 N–H and O–H groups in total. The first-order chi connectivity index (χ1) is 10.5. The summed E-state index contributed by atoms with van der Waals surface area (Å²) in [7, 11) is 0. The van der Waals surface area contributed by atoms with Crippen LogP contribution in [-0.4, -0.2) is 20.3 Å². The number of nitrogens with one attached hydrogen (secondary N) is 1. The summed E-state index contributed by atoms with van der Waals surface area (Å²) in [4.78, 5) is 42.4. The Morgan fingerprint density at radius 1 is 1.18 bits per heavy atom. The quantitative estimate of drug-likeness (QED) is 0.727. The van der Waals surface area contributed by atoms with Crippen molar-refractivity contribution in [1.82, 2.24) is 14.5 Å². The molecule has 0 aliphatic carbocycles. The summed E-state index contributed by atoms with van der Waals surface area (Å²) in [5.41, 5.74) is 0.568. The number of hydrogen-bond donors (Lipinski definition) is 1. The number of hydrogen-bond acceptors (Lipinski definition) is 4. The van der Waals surface area contributed by atoms with Crippen molar-refractivity contribution in [1.29, 1.82) is 0 Å². The molecule has 6 nitrogen and oxygen atoms in total. The van der Waals surface area contributed by atoms with Crippen LogP contribution in [0.1, 0.15) is 23.0 Å². The third-order valence-corrected chi connectivity index (χ3v) is 3.47. The number of rotatable bonds is 2. The zero-order valence-corrected chi connectivity index (χ0v) is 12.1. The van der Waals surface area contributed by atoms with Gasteiger partial charge < -0.3 is 0 Å². The molecule has 0 saturated carbocycles. The molecule has 0 bridgehead atoms. The lowest BCUT2D eigenvalue weighted by molar-refractivity contribution is 0.101. The van der Waals surface area contributed by atoms with Gasteiger partial charge in [0.2, 0.25) is 0 Å². The third-order valence-electron chi connectivity index (χ3n) is 3.47. The van der Waals surface area contributed by atoms with Crippen LogP contribution in [0.5, 0.6) is 0 Å². The van der Waals surface area contributed by atoms with E-state index in [0.29, 0.717) is 16.9 Å². The molecule has 0 spiro atoms. The Morgan fingerprint density at radius 2 is 1.86 bits per heavy atom. The number of nitrogens with zero attached hydrogens (tertiary/aromatic N) is 2. The molecule has 6 heteroatoms.